The molecule has 0 spiro atoms. The second-order valence-corrected chi connectivity index (χ2v) is 14.1. The number of aliphatic imine (C=N–C) groups is 1. The zero-order chi connectivity index (χ0) is 35.6. The molecule has 3 atom stereocenters. The van der Waals surface area contributed by atoms with E-state index >= 15 is 0 Å². The normalized spacial score (nSPS) is 13.1. The first-order valence-corrected chi connectivity index (χ1v) is 18.8. The van der Waals surface area contributed by atoms with Crippen molar-refractivity contribution in [2.45, 2.75) is 162 Å². The maximum absolute atomic E-state index is 13.8. The lowest BCUT2D eigenvalue weighted by Crippen LogP contribution is -2.45. The first kappa shape index (κ1) is 42.9. The van der Waals surface area contributed by atoms with Gasteiger partial charge in [-0.05, 0) is 56.6 Å². The predicted octanol–water partition coefficient (Wildman–Crippen LogP) is 7.43. The van der Waals surface area contributed by atoms with Crippen LogP contribution in [-0.2, 0) is 25.6 Å². The van der Waals surface area contributed by atoms with Gasteiger partial charge < -0.3 is 16.8 Å². The summed E-state index contributed by atoms with van der Waals surface area (Å²) in [5.74, 6) is -1.30. The Kier molecular flexibility index (Phi) is 24.0. The van der Waals surface area contributed by atoms with Crippen LogP contribution in [-0.4, -0.2) is 46.8 Å². The summed E-state index contributed by atoms with van der Waals surface area (Å²) in [6, 6.07) is 2.91. The Morgan fingerprint density at radius 2 is 1.44 bits per heavy atom. The summed E-state index contributed by atoms with van der Waals surface area (Å²) in [6.45, 7) is 8.13. The molecule has 48 heavy (non-hydrogen) atoms. The molecule has 1 aromatic heterocycles. The molecule has 0 aliphatic carbocycles. The van der Waals surface area contributed by atoms with E-state index in [0.29, 0.717) is 38.6 Å². The van der Waals surface area contributed by atoms with Gasteiger partial charge in [-0.15, -0.1) is 0 Å². The zero-order valence-corrected chi connectivity index (χ0v) is 30.7. The highest BCUT2D eigenvalue weighted by molar-refractivity contribution is 5.94. The summed E-state index contributed by atoms with van der Waals surface area (Å²) in [4.78, 5) is 60.9. The minimum Gasteiger partial charge on any atom is -0.370 e. The molecule has 0 unspecified atom stereocenters. The molecule has 0 bridgehead atoms. The summed E-state index contributed by atoms with van der Waals surface area (Å²) in [6.07, 6.45) is 21.9. The molecule has 0 aliphatic heterocycles. The molecular weight excluding hydrogens is 602 g/mol. The fraction of sp³-hybridized carbons (Fsp3) is 0.744. The van der Waals surface area contributed by atoms with Gasteiger partial charge in [-0.1, -0.05) is 104 Å². The van der Waals surface area contributed by atoms with Crippen molar-refractivity contribution in [2.24, 2.45) is 34.2 Å². The lowest BCUT2D eigenvalue weighted by atomic mass is 9.86. The maximum Gasteiger partial charge on any atom is 0.224 e. The highest BCUT2D eigenvalue weighted by atomic mass is 16.2. The molecule has 0 radical (unpaired) electrons. The van der Waals surface area contributed by atoms with Crippen LogP contribution in [0, 0.1) is 17.8 Å². The second-order valence-electron chi connectivity index (χ2n) is 14.1. The van der Waals surface area contributed by atoms with Gasteiger partial charge in [0.2, 0.25) is 5.91 Å². The number of amides is 1. The second kappa shape index (κ2) is 26.8. The third kappa shape index (κ3) is 21.7. The third-order valence-corrected chi connectivity index (χ3v) is 9.04. The average Bonchev–Trinajstić information content (AvgIpc) is 3.04. The van der Waals surface area contributed by atoms with Crippen LogP contribution >= 0.6 is 0 Å². The number of rotatable bonds is 30. The van der Waals surface area contributed by atoms with Gasteiger partial charge >= 0.3 is 0 Å². The maximum atomic E-state index is 13.8. The molecule has 1 amide bonds. The smallest absolute Gasteiger partial charge is 0.224 e. The van der Waals surface area contributed by atoms with Crippen LogP contribution in [0.5, 0.6) is 0 Å². The van der Waals surface area contributed by atoms with Gasteiger partial charge in [-0.25, -0.2) is 0 Å². The van der Waals surface area contributed by atoms with Gasteiger partial charge in [0.1, 0.15) is 11.6 Å². The van der Waals surface area contributed by atoms with E-state index in [1.807, 2.05) is 26.0 Å². The van der Waals surface area contributed by atoms with Crippen molar-refractivity contribution < 1.29 is 19.2 Å². The Morgan fingerprint density at radius 3 is 1.96 bits per heavy atom. The Hall–Kier alpha value is -3.10. The number of hydrogen-bond acceptors (Lipinski definition) is 6. The Morgan fingerprint density at radius 1 is 0.833 bits per heavy atom. The Bertz CT molecular complexity index is 1070. The van der Waals surface area contributed by atoms with Crippen molar-refractivity contribution in [3.8, 4) is 0 Å². The number of carbonyl (C=O) groups is 4. The number of nitrogens with one attached hydrogen (secondary N) is 1. The molecule has 0 aromatic carbocycles. The van der Waals surface area contributed by atoms with Crippen LogP contribution in [0.25, 0.3) is 0 Å². The van der Waals surface area contributed by atoms with Crippen LogP contribution in [0.1, 0.15) is 155 Å². The number of Topliss-reactive ketones (excluding diaryl/α,β-unsaturated/α-hetero) is 3. The fourth-order valence-electron chi connectivity index (χ4n) is 6.23. The van der Waals surface area contributed by atoms with Crippen LogP contribution in [0.4, 0.5) is 0 Å². The van der Waals surface area contributed by atoms with E-state index in [9.17, 15) is 19.2 Å². The first-order chi connectivity index (χ1) is 23.0. The van der Waals surface area contributed by atoms with Crippen LogP contribution in [0.2, 0.25) is 0 Å². The van der Waals surface area contributed by atoms with Crippen molar-refractivity contribution in [2.75, 3.05) is 6.54 Å². The highest BCUT2D eigenvalue weighted by Crippen LogP contribution is 2.21. The van der Waals surface area contributed by atoms with Gasteiger partial charge in [0, 0.05) is 50.0 Å². The number of unbranched alkanes of at least 4 members (excludes halogenated alkanes) is 12. The number of nitrogens with two attached hydrogens (primary N) is 2. The summed E-state index contributed by atoms with van der Waals surface area (Å²) < 4.78 is 0. The third-order valence-electron chi connectivity index (χ3n) is 9.04. The monoisotopic (exact) mass is 670 g/mol. The van der Waals surface area contributed by atoms with Crippen molar-refractivity contribution in [1.29, 1.82) is 0 Å². The van der Waals surface area contributed by atoms with E-state index in [2.05, 4.69) is 22.2 Å². The summed E-state index contributed by atoms with van der Waals surface area (Å²) in [5, 5.41) is 2.96. The minimum absolute atomic E-state index is 0.0316. The molecule has 1 rings (SSSR count). The standard InChI is InChI=1S/C39H67N5O4/c1-5-6-7-8-9-10-11-12-13-14-15-16-17-21-35(46)27-34(26-32-20-18-23-42-29-32)38(48)44-36(22-19-24-43-39(40)41)37(47)28-33(31(4)45)25-30(2)3/h18,20,23,29-30,33-34,36H,5-17,19,21-22,24-28H2,1-4H3,(H,44,48)(H4,40,41,43)/t33-,34+,36+/m1/s1. The molecule has 272 valence electrons. The van der Waals surface area contributed by atoms with Gasteiger partial charge in [0.05, 0.1) is 6.04 Å². The Balaban J connectivity index is 2.75. The molecule has 0 aliphatic rings. The van der Waals surface area contributed by atoms with E-state index in [-0.39, 0.29) is 48.0 Å². The molecule has 0 fully saturated rings. The Labute approximate surface area is 291 Å². The first-order valence-electron chi connectivity index (χ1n) is 18.8. The highest BCUT2D eigenvalue weighted by Gasteiger charge is 2.29. The predicted molar refractivity (Wildman–Crippen MR) is 196 cm³/mol. The number of guanidine groups is 1. The van der Waals surface area contributed by atoms with Crippen LogP contribution < -0.4 is 16.8 Å². The van der Waals surface area contributed by atoms with Crippen molar-refractivity contribution in [1.82, 2.24) is 10.3 Å². The SMILES string of the molecule is CCCCCCCCCCCCCCCC(=O)C[C@H](Cc1cccnc1)C(=O)N[C@@H](CCCN=C(N)N)C(=O)C[C@@H](CC(C)C)C(C)=O. The molecule has 0 saturated carbocycles. The molecule has 1 aromatic rings. The van der Waals surface area contributed by atoms with Gasteiger partial charge in [-0.3, -0.25) is 29.2 Å². The summed E-state index contributed by atoms with van der Waals surface area (Å²) in [7, 11) is 0. The van der Waals surface area contributed by atoms with Crippen molar-refractivity contribution >= 4 is 29.2 Å². The lowest BCUT2D eigenvalue weighted by molar-refractivity contribution is -0.133. The zero-order valence-electron chi connectivity index (χ0n) is 30.7. The number of aromatic nitrogens is 1. The van der Waals surface area contributed by atoms with E-state index < -0.39 is 17.9 Å². The lowest BCUT2D eigenvalue weighted by Gasteiger charge is -2.24. The van der Waals surface area contributed by atoms with Gasteiger partial charge in [0.15, 0.2) is 11.7 Å². The number of ketones is 3. The quantitative estimate of drug-likeness (QED) is 0.0437. The molecule has 1 heterocycles. The van der Waals surface area contributed by atoms with Crippen LogP contribution in [0.3, 0.4) is 0 Å². The van der Waals surface area contributed by atoms with E-state index in [1.54, 1.807) is 12.4 Å². The van der Waals surface area contributed by atoms with Crippen LogP contribution in [0.15, 0.2) is 29.5 Å². The number of hydrogen-bond donors (Lipinski definition) is 3. The van der Waals surface area contributed by atoms with Gasteiger partial charge in [-0.2, -0.15) is 0 Å². The molecule has 9 nitrogen and oxygen atoms in total. The minimum atomic E-state index is -0.798. The number of pyridine rings is 1. The molecule has 5 N–H and O–H groups in total. The summed E-state index contributed by atoms with van der Waals surface area (Å²) >= 11 is 0. The number of carbonyl (C=O) groups excluding carboxylic acids is 4. The average molecular weight is 670 g/mol. The number of nitrogens with zero attached hydrogens (tertiary/aromatic N) is 2. The molecular formula is C39H67N5O4. The van der Waals surface area contributed by atoms with Crippen molar-refractivity contribution in [3.63, 3.8) is 0 Å². The topological polar surface area (TPSA) is 158 Å². The summed E-state index contributed by atoms with van der Waals surface area (Å²) in [5.41, 5.74) is 11.8. The fourth-order valence-corrected chi connectivity index (χ4v) is 6.23. The van der Waals surface area contributed by atoms with Crippen molar-refractivity contribution in [3.05, 3.63) is 30.1 Å². The molecule has 9 heteroatoms. The molecule has 0 saturated heterocycles. The van der Waals surface area contributed by atoms with E-state index in [0.717, 1.165) is 24.8 Å². The van der Waals surface area contributed by atoms with E-state index in [4.69, 9.17) is 11.5 Å². The van der Waals surface area contributed by atoms with E-state index in [1.165, 1.54) is 71.1 Å². The van der Waals surface area contributed by atoms with Gasteiger partial charge in [0.25, 0.3) is 0 Å². The largest absolute Gasteiger partial charge is 0.370 e.